The quantitative estimate of drug-likeness (QED) is 0.642. The summed E-state index contributed by atoms with van der Waals surface area (Å²) < 4.78 is 0. The maximum Gasteiger partial charge on any atom is 0.225 e. The molecule has 0 atom stereocenters. The number of aryl methyl sites for hydroxylation is 1. The number of rotatable bonds is 6. The van der Waals surface area contributed by atoms with Crippen LogP contribution in [0.2, 0.25) is 0 Å². The second-order valence-electron chi connectivity index (χ2n) is 7.15. The van der Waals surface area contributed by atoms with Crippen molar-refractivity contribution in [2.75, 3.05) is 47.4 Å². The van der Waals surface area contributed by atoms with E-state index in [1.54, 1.807) is 12.4 Å². The Balaban J connectivity index is 1.48. The number of piperazine rings is 1. The summed E-state index contributed by atoms with van der Waals surface area (Å²) in [5.74, 6) is 3.57. The maximum atomic E-state index is 4.72. The van der Waals surface area contributed by atoms with Crippen LogP contribution >= 0.6 is 0 Å². The van der Waals surface area contributed by atoms with E-state index in [-0.39, 0.29) is 0 Å². The Bertz CT molecular complexity index is 909. The van der Waals surface area contributed by atoms with Crippen LogP contribution in [0.1, 0.15) is 18.3 Å². The van der Waals surface area contributed by atoms with E-state index in [4.69, 9.17) is 9.97 Å². The molecule has 0 radical (unpaired) electrons. The fraction of sp³-hybridized carbons (Fsp3) is 0.364. The number of nitrogens with zero attached hydrogens (tertiary/aromatic N) is 7. The Morgan fingerprint density at radius 3 is 2.28 bits per heavy atom. The first kappa shape index (κ1) is 19.1. The Labute approximate surface area is 172 Å². The van der Waals surface area contributed by atoms with E-state index in [1.165, 1.54) is 5.56 Å². The second kappa shape index (κ2) is 8.86. The molecule has 1 fully saturated rings. The Morgan fingerprint density at radius 2 is 1.59 bits per heavy atom. The van der Waals surface area contributed by atoms with Gasteiger partial charge in [0.05, 0.1) is 0 Å². The van der Waals surface area contributed by atoms with Gasteiger partial charge in [0.25, 0.3) is 0 Å². The van der Waals surface area contributed by atoms with Crippen LogP contribution in [-0.2, 0) is 6.54 Å². The molecule has 2 aromatic heterocycles. The number of hydrogen-bond donors (Lipinski definition) is 0. The summed E-state index contributed by atoms with van der Waals surface area (Å²) >= 11 is 0. The summed E-state index contributed by atoms with van der Waals surface area (Å²) in [4.78, 5) is 25.0. The molecule has 0 saturated carbocycles. The minimum absolute atomic E-state index is 0.798. The fourth-order valence-corrected chi connectivity index (χ4v) is 3.61. The van der Waals surface area contributed by atoms with Gasteiger partial charge in [0, 0.05) is 57.7 Å². The SMILES string of the molecule is CCN(Cc1ccccc1)c1cc(N2CCN(c3ncccn3)CC2)nc(C)n1. The average Bonchev–Trinajstić information content (AvgIpc) is 2.78. The van der Waals surface area contributed by atoms with Gasteiger partial charge in [-0.1, -0.05) is 30.3 Å². The molecule has 0 amide bonds. The molecule has 1 saturated heterocycles. The van der Waals surface area contributed by atoms with E-state index in [0.29, 0.717) is 0 Å². The van der Waals surface area contributed by atoms with Gasteiger partial charge in [-0.2, -0.15) is 0 Å². The lowest BCUT2D eigenvalue weighted by Crippen LogP contribution is -2.47. The number of aromatic nitrogens is 4. The lowest BCUT2D eigenvalue weighted by atomic mass is 10.2. The highest BCUT2D eigenvalue weighted by molar-refractivity contribution is 5.52. The smallest absolute Gasteiger partial charge is 0.225 e. The van der Waals surface area contributed by atoms with Crippen LogP contribution in [0.4, 0.5) is 17.6 Å². The molecular formula is C22H27N7. The van der Waals surface area contributed by atoms with Crippen molar-refractivity contribution in [2.45, 2.75) is 20.4 Å². The molecule has 0 N–H and O–H groups in total. The van der Waals surface area contributed by atoms with Gasteiger partial charge in [-0.25, -0.2) is 19.9 Å². The van der Waals surface area contributed by atoms with Crippen LogP contribution in [0.5, 0.6) is 0 Å². The van der Waals surface area contributed by atoms with Crippen LogP contribution < -0.4 is 14.7 Å². The summed E-state index contributed by atoms with van der Waals surface area (Å²) in [5.41, 5.74) is 1.28. The van der Waals surface area contributed by atoms with Crippen molar-refractivity contribution in [3.8, 4) is 0 Å². The summed E-state index contributed by atoms with van der Waals surface area (Å²) in [6.07, 6.45) is 3.58. The predicted octanol–water partition coefficient (Wildman–Crippen LogP) is 2.93. The first-order valence-electron chi connectivity index (χ1n) is 10.1. The van der Waals surface area contributed by atoms with Crippen molar-refractivity contribution in [1.82, 2.24) is 19.9 Å². The van der Waals surface area contributed by atoms with Gasteiger partial charge < -0.3 is 14.7 Å². The van der Waals surface area contributed by atoms with Crippen LogP contribution in [0.25, 0.3) is 0 Å². The van der Waals surface area contributed by atoms with E-state index in [9.17, 15) is 0 Å². The molecule has 3 aromatic rings. The molecule has 0 bridgehead atoms. The number of hydrogen-bond acceptors (Lipinski definition) is 7. The van der Waals surface area contributed by atoms with E-state index in [2.05, 4.69) is 61.9 Å². The molecule has 0 spiro atoms. The molecule has 150 valence electrons. The summed E-state index contributed by atoms with van der Waals surface area (Å²) in [5, 5.41) is 0. The minimum Gasteiger partial charge on any atom is -0.353 e. The molecule has 4 rings (SSSR count). The van der Waals surface area contributed by atoms with Gasteiger partial charge in [0.1, 0.15) is 17.5 Å². The summed E-state index contributed by atoms with van der Waals surface area (Å²) in [6, 6.07) is 14.5. The van der Waals surface area contributed by atoms with Crippen molar-refractivity contribution in [2.24, 2.45) is 0 Å². The Kier molecular flexibility index (Phi) is 5.84. The predicted molar refractivity (Wildman–Crippen MR) is 116 cm³/mol. The highest BCUT2D eigenvalue weighted by Crippen LogP contribution is 2.22. The maximum absolute atomic E-state index is 4.72. The molecule has 7 heteroatoms. The molecule has 29 heavy (non-hydrogen) atoms. The van der Waals surface area contributed by atoms with Crippen LogP contribution in [0.3, 0.4) is 0 Å². The van der Waals surface area contributed by atoms with Gasteiger partial charge in [-0.3, -0.25) is 0 Å². The molecule has 0 aliphatic carbocycles. The van der Waals surface area contributed by atoms with Gasteiger partial charge in [-0.15, -0.1) is 0 Å². The fourth-order valence-electron chi connectivity index (χ4n) is 3.61. The minimum atomic E-state index is 0.798. The number of benzene rings is 1. The third-order valence-corrected chi connectivity index (χ3v) is 5.17. The Hall–Kier alpha value is -3.22. The van der Waals surface area contributed by atoms with E-state index >= 15 is 0 Å². The van der Waals surface area contributed by atoms with Crippen molar-refractivity contribution >= 4 is 17.6 Å². The third-order valence-electron chi connectivity index (χ3n) is 5.17. The van der Waals surface area contributed by atoms with Gasteiger partial charge in [0.2, 0.25) is 5.95 Å². The molecule has 0 unspecified atom stereocenters. The summed E-state index contributed by atoms with van der Waals surface area (Å²) in [7, 11) is 0. The first-order valence-corrected chi connectivity index (χ1v) is 10.1. The molecule has 1 aromatic carbocycles. The molecule has 1 aliphatic heterocycles. The molecular weight excluding hydrogens is 362 g/mol. The molecule has 1 aliphatic rings. The highest BCUT2D eigenvalue weighted by atomic mass is 15.3. The molecule has 7 nitrogen and oxygen atoms in total. The largest absolute Gasteiger partial charge is 0.353 e. The molecule has 3 heterocycles. The van der Waals surface area contributed by atoms with Crippen molar-refractivity contribution in [3.63, 3.8) is 0 Å². The van der Waals surface area contributed by atoms with Crippen LogP contribution in [-0.4, -0.2) is 52.7 Å². The van der Waals surface area contributed by atoms with E-state index < -0.39 is 0 Å². The van der Waals surface area contributed by atoms with Gasteiger partial charge in [0.15, 0.2) is 0 Å². The standard InChI is InChI=1S/C22H27N7/c1-3-27(17-19-8-5-4-6-9-19)20-16-21(26-18(2)25-20)28-12-14-29(15-13-28)22-23-10-7-11-24-22/h4-11,16H,3,12-15,17H2,1-2H3. The van der Waals surface area contributed by atoms with Crippen molar-refractivity contribution < 1.29 is 0 Å². The van der Waals surface area contributed by atoms with Crippen molar-refractivity contribution in [3.05, 3.63) is 66.2 Å². The normalized spacial score (nSPS) is 14.1. The van der Waals surface area contributed by atoms with Gasteiger partial charge >= 0.3 is 0 Å². The van der Waals surface area contributed by atoms with Crippen LogP contribution in [0.15, 0.2) is 54.9 Å². The van der Waals surface area contributed by atoms with Crippen LogP contribution in [0, 0.1) is 6.92 Å². The van der Waals surface area contributed by atoms with Gasteiger partial charge in [-0.05, 0) is 25.5 Å². The zero-order chi connectivity index (χ0) is 20.1. The second-order valence-corrected chi connectivity index (χ2v) is 7.15. The van der Waals surface area contributed by atoms with Crippen molar-refractivity contribution in [1.29, 1.82) is 0 Å². The van der Waals surface area contributed by atoms with E-state index in [1.807, 2.05) is 19.1 Å². The number of anilines is 3. The average molecular weight is 390 g/mol. The monoisotopic (exact) mass is 389 g/mol. The lowest BCUT2D eigenvalue weighted by molar-refractivity contribution is 0.632. The zero-order valence-electron chi connectivity index (χ0n) is 17.1. The topological polar surface area (TPSA) is 61.3 Å². The Morgan fingerprint density at radius 1 is 0.897 bits per heavy atom. The van der Waals surface area contributed by atoms with E-state index in [0.717, 1.165) is 62.7 Å². The third kappa shape index (κ3) is 4.62. The first-order chi connectivity index (χ1) is 14.2. The summed E-state index contributed by atoms with van der Waals surface area (Å²) in [6.45, 7) is 9.40. The lowest BCUT2D eigenvalue weighted by Gasteiger charge is -2.35. The zero-order valence-corrected chi connectivity index (χ0v) is 17.1. The highest BCUT2D eigenvalue weighted by Gasteiger charge is 2.21.